The monoisotopic (exact) mass is 524 g/mol. The largest absolute Gasteiger partial charge is 0.497 e. The van der Waals surface area contributed by atoms with Gasteiger partial charge in [-0.1, -0.05) is 49.6 Å². The minimum Gasteiger partial charge on any atom is -0.497 e. The van der Waals surface area contributed by atoms with Crippen molar-refractivity contribution < 1.29 is 9.15 Å². The number of fused-ring (bicyclic) bond motifs is 1. The number of aromatic nitrogens is 5. The van der Waals surface area contributed by atoms with E-state index in [1.807, 2.05) is 59.3 Å². The number of nitrogens with one attached hydrogen (secondary N) is 1. The minimum absolute atomic E-state index is 0.184. The molecule has 0 saturated heterocycles. The molecule has 6 rings (SSSR count). The fraction of sp³-hybridized carbons (Fsp3) is 0.333. The van der Waals surface area contributed by atoms with E-state index in [4.69, 9.17) is 9.15 Å². The van der Waals surface area contributed by atoms with Gasteiger partial charge in [-0.15, -0.1) is 5.10 Å². The topological polar surface area (TPSA) is 102 Å². The first-order valence-corrected chi connectivity index (χ1v) is 13.5. The van der Waals surface area contributed by atoms with Gasteiger partial charge in [-0.3, -0.25) is 9.69 Å². The summed E-state index contributed by atoms with van der Waals surface area (Å²) in [6.07, 6.45) is 7.24. The number of methoxy groups -OCH3 is 1. The van der Waals surface area contributed by atoms with E-state index in [0.717, 1.165) is 47.9 Å². The van der Waals surface area contributed by atoms with Gasteiger partial charge in [-0.05, 0) is 64.5 Å². The average molecular weight is 525 g/mol. The molecule has 9 nitrogen and oxygen atoms in total. The molecule has 1 fully saturated rings. The standard InChI is InChI=1S/C30H32N6O3/c1-38-24-15-14-22-17-26(30(37)31-27(22)18-24)28(29-32-33-34-36(29)23-11-6-3-7-12-23)35(20-25-13-8-16-39-25)19-21-9-4-2-5-10-21/h2,4-5,8-10,13-18,23,28H,3,6-7,11-12,19-20H2,1H3,(H,31,37). The van der Waals surface area contributed by atoms with Crippen LogP contribution in [0, 0.1) is 0 Å². The first-order chi connectivity index (χ1) is 19.2. The molecule has 1 aliphatic carbocycles. The van der Waals surface area contributed by atoms with Gasteiger partial charge in [0.1, 0.15) is 17.6 Å². The van der Waals surface area contributed by atoms with Crippen LogP contribution < -0.4 is 10.3 Å². The quantitative estimate of drug-likeness (QED) is 0.275. The van der Waals surface area contributed by atoms with Crippen molar-refractivity contribution >= 4 is 10.9 Å². The Balaban J connectivity index is 1.52. The molecular weight excluding hydrogens is 492 g/mol. The highest BCUT2D eigenvalue weighted by Gasteiger charge is 2.33. The molecule has 1 N–H and O–H groups in total. The van der Waals surface area contributed by atoms with Crippen molar-refractivity contribution in [2.45, 2.75) is 57.3 Å². The summed E-state index contributed by atoms with van der Waals surface area (Å²) in [5, 5.41) is 14.1. The third kappa shape index (κ3) is 5.35. The Morgan fingerprint density at radius 1 is 1.05 bits per heavy atom. The van der Waals surface area contributed by atoms with Crippen LogP contribution in [0.3, 0.4) is 0 Å². The molecule has 200 valence electrons. The summed E-state index contributed by atoms with van der Waals surface area (Å²) in [5.41, 5.74) is 2.24. The van der Waals surface area contributed by atoms with Gasteiger partial charge in [0.15, 0.2) is 5.82 Å². The Kier molecular flexibility index (Phi) is 7.23. The van der Waals surface area contributed by atoms with Crippen LogP contribution in [-0.4, -0.2) is 37.2 Å². The van der Waals surface area contributed by atoms with Gasteiger partial charge in [-0.2, -0.15) is 0 Å². The van der Waals surface area contributed by atoms with Crippen LogP contribution in [0.5, 0.6) is 5.75 Å². The molecule has 0 spiro atoms. The third-order valence-corrected chi connectivity index (χ3v) is 7.59. The zero-order chi connectivity index (χ0) is 26.6. The van der Waals surface area contributed by atoms with Gasteiger partial charge in [0.2, 0.25) is 0 Å². The second-order valence-corrected chi connectivity index (χ2v) is 10.2. The highest BCUT2D eigenvalue weighted by molar-refractivity contribution is 5.80. The van der Waals surface area contributed by atoms with E-state index in [2.05, 4.69) is 37.5 Å². The molecule has 1 saturated carbocycles. The summed E-state index contributed by atoms with van der Waals surface area (Å²) in [4.78, 5) is 19.1. The predicted octanol–water partition coefficient (Wildman–Crippen LogP) is 5.41. The summed E-state index contributed by atoms with van der Waals surface area (Å²) >= 11 is 0. The molecule has 1 aliphatic rings. The number of aromatic amines is 1. The number of benzene rings is 2. The van der Waals surface area contributed by atoms with Gasteiger partial charge < -0.3 is 14.1 Å². The van der Waals surface area contributed by atoms with Crippen LogP contribution in [0.1, 0.15) is 66.9 Å². The predicted molar refractivity (Wildman–Crippen MR) is 147 cm³/mol. The van der Waals surface area contributed by atoms with E-state index in [-0.39, 0.29) is 11.6 Å². The van der Waals surface area contributed by atoms with Gasteiger partial charge in [0.05, 0.1) is 31.5 Å². The maximum Gasteiger partial charge on any atom is 0.253 e. The lowest BCUT2D eigenvalue weighted by Crippen LogP contribution is -2.35. The smallest absolute Gasteiger partial charge is 0.253 e. The van der Waals surface area contributed by atoms with E-state index < -0.39 is 6.04 Å². The van der Waals surface area contributed by atoms with Gasteiger partial charge in [0, 0.05) is 18.2 Å². The van der Waals surface area contributed by atoms with Crippen LogP contribution in [0.25, 0.3) is 10.9 Å². The maximum atomic E-state index is 13.8. The SMILES string of the molecule is COc1ccc2cc(C(c3nnnn3C3CCCCC3)N(Cc3ccccc3)Cc3ccco3)c(=O)[nH]c2c1. The van der Waals surface area contributed by atoms with Crippen LogP contribution in [-0.2, 0) is 13.1 Å². The number of hydrogen-bond donors (Lipinski definition) is 1. The van der Waals surface area contributed by atoms with E-state index in [9.17, 15) is 4.79 Å². The molecule has 0 bridgehead atoms. The zero-order valence-electron chi connectivity index (χ0n) is 22.0. The Bertz CT molecular complexity index is 1570. The van der Waals surface area contributed by atoms with E-state index in [1.54, 1.807) is 13.4 Å². The van der Waals surface area contributed by atoms with Crippen LogP contribution >= 0.6 is 0 Å². The molecule has 0 radical (unpaired) electrons. The number of pyridine rings is 1. The van der Waals surface area contributed by atoms with Crippen molar-refractivity contribution in [2.75, 3.05) is 7.11 Å². The first-order valence-electron chi connectivity index (χ1n) is 13.5. The molecule has 0 amide bonds. The van der Waals surface area contributed by atoms with Crippen molar-refractivity contribution in [2.24, 2.45) is 0 Å². The number of ether oxygens (including phenoxy) is 1. The number of tetrazole rings is 1. The van der Waals surface area contributed by atoms with Gasteiger partial charge >= 0.3 is 0 Å². The van der Waals surface area contributed by atoms with Crippen molar-refractivity contribution in [3.8, 4) is 5.75 Å². The van der Waals surface area contributed by atoms with Crippen LogP contribution in [0.2, 0.25) is 0 Å². The van der Waals surface area contributed by atoms with Crippen LogP contribution in [0.15, 0.2) is 82.2 Å². The summed E-state index contributed by atoms with van der Waals surface area (Å²) in [6.45, 7) is 1.05. The average Bonchev–Trinajstić information content (AvgIpc) is 3.67. The Hall–Kier alpha value is -4.24. The highest BCUT2D eigenvalue weighted by atomic mass is 16.5. The zero-order valence-corrected chi connectivity index (χ0v) is 22.0. The fourth-order valence-corrected chi connectivity index (χ4v) is 5.65. The van der Waals surface area contributed by atoms with Gasteiger partial charge in [0.25, 0.3) is 5.56 Å². The lowest BCUT2D eigenvalue weighted by Gasteiger charge is -2.32. The van der Waals surface area contributed by atoms with Crippen molar-refractivity contribution in [1.29, 1.82) is 0 Å². The summed E-state index contributed by atoms with van der Waals surface area (Å²) in [7, 11) is 1.62. The normalized spacial score (nSPS) is 15.1. The summed E-state index contributed by atoms with van der Waals surface area (Å²) in [6, 6.07) is 21.4. The fourth-order valence-electron chi connectivity index (χ4n) is 5.65. The van der Waals surface area contributed by atoms with E-state index in [0.29, 0.717) is 30.2 Å². The Morgan fingerprint density at radius 3 is 2.67 bits per heavy atom. The number of hydrogen-bond acceptors (Lipinski definition) is 7. The van der Waals surface area contributed by atoms with E-state index >= 15 is 0 Å². The van der Waals surface area contributed by atoms with Crippen LogP contribution in [0.4, 0.5) is 0 Å². The molecule has 1 atom stereocenters. The minimum atomic E-state index is -0.512. The second-order valence-electron chi connectivity index (χ2n) is 10.2. The first kappa shape index (κ1) is 25.1. The lowest BCUT2D eigenvalue weighted by molar-refractivity contribution is 0.173. The highest BCUT2D eigenvalue weighted by Crippen LogP contribution is 2.34. The maximum absolute atomic E-state index is 13.8. The molecule has 39 heavy (non-hydrogen) atoms. The van der Waals surface area contributed by atoms with Crippen molar-refractivity contribution in [3.63, 3.8) is 0 Å². The van der Waals surface area contributed by atoms with Crippen molar-refractivity contribution in [1.82, 2.24) is 30.1 Å². The van der Waals surface area contributed by atoms with Gasteiger partial charge in [-0.25, -0.2) is 4.68 Å². The number of furan rings is 1. The number of H-pyrrole nitrogens is 1. The molecule has 3 aromatic heterocycles. The molecule has 1 unspecified atom stereocenters. The van der Waals surface area contributed by atoms with Crippen molar-refractivity contribution in [3.05, 3.63) is 106 Å². The molecule has 9 heteroatoms. The molecule has 0 aliphatic heterocycles. The molecule has 3 heterocycles. The molecule has 2 aromatic carbocycles. The Labute approximate surface area is 226 Å². The molecule has 5 aromatic rings. The van der Waals surface area contributed by atoms with E-state index in [1.165, 1.54) is 6.42 Å². The third-order valence-electron chi connectivity index (χ3n) is 7.59. The summed E-state index contributed by atoms with van der Waals surface area (Å²) in [5.74, 6) is 2.16. The number of rotatable bonds is 9. The molecular formula is C30H32N6O3. The Morgan fingerprint density at radius 2 is 1.90 bits per heavy atom. The second kappa shape index (κ2) is 11.2. The lowest BCUT2D eigenvalue weighted by atomic mass is 9.95. The number of nitrogens with zero attached hydrogens (tertiary/aromatic N) is 5. The summed E-state index contributed by atoms with van der Waals surface area (Å²) < 4.78 is 13.1.